The summed E-state index contributed by atoms with van der Waals surface area (Å²) in [5.41, 5.74) is 6.18. The number of para-hydroxylation sites is 1. The van der Waals surface area contributed by atoms with Crippen LogP contribution >= 0.6 is 0 Å². The molecule has 1 heteroatoms. The van der Waals surface area contributed by atoms with Gasteiger partial charge in [-0.15, -0.1) is 0 Å². The maximum atomic E-state index is 2.46. The van der Waals surface area contributed by atoms with E-state index in [4.69, 9.17) is 0 Å². The Morgan fingerprint density at radius 3 is 2.65 bits per heavy atom. The van der Waals surface area contributed by atoms with Gasteiger partial charge in [0, 0.05) is 18.1 Å². The summed E-state index contributed by atoms with van der Waals surface area (Å²) in [4.78, 5) is 0. The standard InChI is InChI=1S/C16H21N/c1-11(2)12-8-6-9-14-13-7-4-5-10-15(13)17(3)16(12)14/h6,8-9,11H,4-5,7,10H2,1-3H3. The third-order valence-corrected chi connectivity index (χ3v) is 4.19. The zero-order valence-corrected chi connectivity index (χ0v) is 11.1. The van der Waals surface area contributed by atoms with Gasteiger partial charge < -0.3 is 4.57 Å². The van der Waals surface area contributed by atoms with Crippen molar-refractivity contribution in [1.29, 1.82) is 0 Å². The summed E-state index contributed by atoms with van der Waals surface area (Å²) >= 11 is 0. The normalized spacial score (nSPS) is 15.5. The molecule has 1 aliphatic rings. The predicted molar refractivity (Wildman–Crippen MR) is 73.7 cm³/mol. The number of benzene rings is 1. The highest BCUT2D eigenvalue weighted by molar-refractivity contribution is 5.88. The van der Waals surface area contributed by atoms with Gasteiger partial charge in [-0.25, -0.2) is 0 Å². The van der Waals surface area contributed by atoms with E-state index in [1.165, 1.54) is 42.1 Å². The van der Waals surface area contributed by atoms with Gasteiger partial charge in [-0.2, -0.15) is 0 Å². The minimum atomic E-state index is 0.605. The van der Waals surface area contributed by atoms with Crippen LogP contribution in [0.5, 0.6) is 0 Å². The number of aromatic nitrogens is 1. The molecule has 0 spiro atoms. The molecule has 1 aromatic heterocycles. The second-order valence-electron chi connectivity index (χ2n) is 5.59. The lowest BCUT2D eigenvalue weighted by Crippen LogP contribution is -2.05. The summed E-state index contributed by atoms with van der Waals surface area (Å²) < 4.78 is 2.46. The summed E-state index contributed by atoms with van der Waals surface area (Å²) in [6, 6.07) is 6.83. The zero-order chi connectivity index (χ0) is 12.0. The van der Waals surface area contributed by atoms with E-state index in [1.807, 2.05) is 0 Å². The summed E-state index contributed by atoms with van der Waals surface area (Å²) in [7, 11) is 2.25. The van der Waals surface area contributed by atoms with Gasteiger partial charge in [0.15, 0.2) is 0 Å². The van der Waals surface area contributed by atoms with Crippen LogP contribution in [0.25, 0.3) is 10.9 Å². The molecule has 0 radical (unpaired) electrons. The number of aryl methyl sites for hydroxylation is 2. The maximum Gasteiger partial charge on any atom is 0.0517 e. The van der Waals surface area contributed by atoms with Crippen LogP contribution in [-0.4, -0.2) is 4.57 Å². The van der Waals surface area contributed by atoms with E-state index in [9.17, 15) is 0 Å². The zero-order valence-electron chi connectivity index (χ0n) is 11.1. The van der Waals surface area contributed by atoms with E-state index in [1.54, 1.807) is 11.3 Å². The van der Waals surface area contributed by atoms with Gasteiger partial charge in [0.05, 0.1) is 5.52 Å². The van der Waals surface area contributed by atoms with Crippen LogP contribution in [-0.2, 0) is 19.9 Å². The van der Waals surface area contributed by atoms with Crippen LogP contribution in [0.15, 0.2) is 18.2 Å². The summed E-state index contributed by atoms with van der Waals surface area (Å²) in [6.45, 7) is 4.58. The van der Waals surface area contributed by atoms with Crippen molar-refractivity contribution in [2.75, 3.05) is 0 Å². The van der Waals surface area contributed by atoms with Gasteiger partial charge in [-0.05, 0) is 42.7 Å². The van der Waals surface area contributed by atoms with E-state index >= 15 is 0 Å². The van der Waals surface area contributed by atoms with Crippen molar-refractivity contribution in [3.05, 3.63) is 35.0 Å². The summed E-state index contributed by atoms with van der Waals surface area (Å²) in [5.74, 6) is 0.605. The quantitative estimate of drug-likeness (QED) is 0.688. The molecular weight excluding hydrogens is 206 g/mol. The SMILES string of the molecule is CC(C)c1cccc2c3c(n(C)c12)CCCC3. The molecular formula is C16H21N. The van der Waals surface area contributed by atoms with E-state index in [0.29, 0.717) is 5.92 Å². The summed E-state index contributed by atoms with van der Waals surface area (Å²) in [6.07, 6.45) is 5.25. The first kappa shape index (κ1) is 10.9. The Morgan fingerprint density at radius 2 is 1.88 bits per heavy atom. The number of nitrogens with zero attached hydrogens (tertiary/aromatic N) is 1. The van der Waals surface area contributed by atoms with Crippen LogP contribution in [0.1, 0.15) is 49.4 Å². The number of rotatable bonds is 1. The van der Waals surface area contributed by atoms with Crippen molar-refractivity contribution < 1.29 is 0 Å². The molecule has 1 aromatic carbocycles. The smallest absolute Gasteiger partial charge is 0.0517 e. The van der Waals surface area contributed by atoms with Gasteiger partial charge in [-0.1, -0.05) is 32.0 Å². The second-order valence-corrected chi connectivity index (χ2v) is 5.59. The lowest BCUT2D eigenvalue weighted by molar-refractivity contribution is 0.652. The molecule has 90 valence electrons. The van der Waals surface area contributed by atoms with Gasteiger partial charge in [-0.3, -0.25) is 0 Å². The van der Waals surface area contributed by atoms with Crippen molar-refractivity contribution in [3.8, 4) is 0 Å². The average Bonchev–Trinajstić information content (AvgIpc) is 2.64. The average molecular weight is 227 g/mol. The fourth-order valence-corrected chi connectivity index (χ4v) is 3.33. The first-order valence-corrected chi connectivity index (χ1v) is 6.79. The van der Waals surface area contributed by atoms with E-state index in [2.05, 4.69) is 43.7 Å². The third kappa shape index (κ3) is 1.52. The lowest BCUT2D eigenvalue weighted by atomic mass is 9.94. The second kappa shape index (κ2) is 3.90. The van der Waals surface area contributed by atoms with E-state index < -0.39 is 0 Å². The van der Waals surface area contributed by atoms with Gasteiger partial charge in [0.1, 0.15) is 0 Å². The Morgan fingerprint density at radius 1 is 1.12 bits per heavy atom. The Kier molecular flexibility index (Phi) is 2.50. The molecule has 17 heavy (non-hydrogen) atoms. The predicted octanol–water partition coefficient (Wildman–Crippen LogP) is 4.18. The Balaban J connectivity index is 2.37. The van der Waals surface area contributed by atoms with Gasteiger partial charge in [0.2, 0.25) is 0 Å². The largest absolute Gasteiger partial charge is 0.347 e. The first-order chi connectivity index (χ1) is 8.20. The van der Waals surface area contributed by atoms with E-state index in [0.717, 1.165) is 0 Å². The molecule has 0 atom stereocenters. The summed E-state index contributed by atoms with van der Waals surface area (Å²) in [5, 5.41) is 1.51. The maximum absolute atomic E-state index is 2.46. The minimum absolute atomic E-state index is 0.605. The topological polar surface area (TPSA) is 4.93 Å². The fraction of sp³-hybridized carbons (Fsp3) is 0.500. The van der Waals surface area contributed by atoms with Gasteiger partial charge in [0.25, 0.3) is 0 Å². The molecule has 0 saturated carbocycles. The molecule has 3 rings (SSSR count). The van der Waals surface area contributed by atoms with Crippen molar-refractivity contribution in [2.24, 2.45) is 7.05 Å². The molecule has 0 unspecified atom stereocenters. The third-order valence-electron chi connectivity index (χ3n) is 4.19. The molecule has 1 nitrogen and oxygen atoms in total. The highest BCUT2D eigenvalue weighted by Crippen LogP contribution is 2.35. The Hall–Kier alpha value is -1.24. The molecule has 1 aliphatic carbocycles. The van der Waals surface area contributed by atoms with Crippen LogP contribution in [0.4, 0.5) is 0 Å². The van der Waals surface area contributed by atoms with Crippen LogP contribution in [0.3, 0.4) is 0 Å². The minimum Gasteiger partial charge on any atom is -0.347 e. The van der Waals surface area contributed by atoms with Crippen LogP contribution in [0, 0.1) is 0 Å². The fourth-order valence-electron chi connectivity index (χ4n) is 3.33. The monoisotopic (exact) mass is 227 g/mol. The van der Waals surface area contributed by atoms with Crippen molar-refractivity contribution in [1.82, 2.24) is 4.57 Å². The molecule has 0 aliphatic heterocycles. The Bertz CT molecular complexity index is 560. The molecule has 1 heterocycles. The van der Waals surface area contributed by atoms with Crippen LogP contribution < -0.4 is 0 Å². The molecule has 0 saturated heterocycles. The molecule has 0 N–H and O–H groups in total. The number of hydrogen-bond donors (Lipinski definition) is 0. The Labute approximate surface area is 103 Å². The van der Waals surface area contributed by atoms with E-state index in [-0.39, 0.29) is 0 Å². The molecule has 0 fully saturated rings. The number of hydrogen-bond acceptors (Lipinski definition) is 0. The molecule has 0 bridgehead atoms. The highest BCUT2D eigenvalue weighted by Gasteiger charge is 2.20. The van der Waals surface area contributed by atoms with Crippen molar-refractivity contribution in [3.63, 3.8) is 0 Å². The molecule has 0 amide bonds. The van der Waals surface area contributed by atoms with Gasteiger partial charge >= 0.3 is 0 Å². The first-order valence-electron chi connectivity index (χ1n) is 6.79. The molecule has 2 aromatic rings. The number of fused-ring (bicyclic) bond motifs is 3. The van der Waals surface area contributed by atoms with Crippen LogP contribution in [0.2, 0.25) is 0 Å². The lowest BCUT2D eigenvalue weighted by Gasteiger charge is -2.13. The van der Waals surface area contributed by atoms with Crippen molar-refractivity contribution in [2.45, 2.75) is 45.4 Å². The van der Waals surface area contributed by atoms with Crippen molar-refractivity contribution >= 4 is 10.9 Å². The highest BCUT2D eigenvalue weighted by atomic mass is 15.0.